The summed E-state index contributed by atoms with van der Waals surface area (Å²) in [5.41, 5.74) is 0.433. The Morgan fingerprint density at radius 3 is 2.71 bits per heavy atom. The van der Waals surface area contributed by atoms with Gasteiger partial charge in [0, 0.05) is 12.4 Å². The number of furan rings is 1. The molecule has 14 heavy (non-hydrogen) atoms. The number of carbonyl (C=O) groups excluding carboxylic acids is 1. The van der Waals surface area contributed by atoms with Gasteiger partial charge in [-0.2, -0.15) is 0 Å². The Morgan fingerprint density at radius 1 is 1.29 bits per heavy atom. The monoisotopic (exact) mass is 208 g/mol. The number of hydrogen-bond donors (Lipinski definition) is 0. The summed E-state index contributed by atoms with van der Waals surface area (Å²) < 4.78 is 5.14. The Labute approximate surface area is 84.6 Å². The maximum Gasteiger partial charge on any atom is 0.185 e. The molecule has 70 valence electrons. The molecule has 0 N–H and O–H groups in total. The summed E-state index contributed by atoms with van der Waals surface area (Å²) in [4.78, 5) is 18.2. The van der Waals surface area contributed by atoms with Crippen molar-refractivity contribution in [3.63, 3.8) is 0 Å². The zero-order chi connectivity index (χ0) is 9.97. The number of rotatable bonds is 2. The van der Waals surface area contributed by atoms with Gasteiger partial charge in [0.25, 0.3) is 0 Å². The van der Waals surface area contributed by atoms with Gasteiger partial charge in [0.2, 0.25) is 0 Å². The van der Waals surface area contributed by atoms with Crippen molar-refractivity contribution < 1.29 is 9.21 Å². The first-order valence-electron chi connectivity index (χ1n) is 3.83. The average molecular weight is 209 g/mol. The van der Waals surface area contributed by atoms with Gasteiger partial charge in [-0.15, -0.1) is 0 Å². The summed E-state index contributed by atoms with van der Waals surface area (Å²) in [6, 6.07) is 3.17. The van der Waals surface area contributed by atoms with Crippen LogP contribution in [0, 0.1) is 0 Å². The van der Waals surface area contributed by atoms with Gasteiger partial charge in [0.15, 0.2) is 23.0 Å². The fourth-order valence-electron chi connectivity index (χ4n) is 1.03. The Balaban J connectivity index is 2.49. The van der Waals surface area contributed by atoms with Crippen LogP contribution in [0.15, 0.2) is 28.9 Å². The lowest BCUT2D eigenvalue weighted by Gasteiger charge is -1.96. The summed E-state index contributed by atoms with van der Waals surface area (Å²) >= 11 is 5.79. The van der Waals surface area contributed by atoms with E-state index in [4.69, 9.17) is 16.0 Å². The summed E-state index contributed by atoms with van der Waals surface area (Å²) in [5.74, 6) is 0.673. The first kappa shape index (κ1) is 8.90. The number of hydrogen-bond acceptors (Lipinski definition) is 4. The molecule has 0 saturated heterocycles. The molecule has 0 aromatic carbocycles. The molecule has 2 aromatic rings. The third-order valence-corrected chi connectivity index (χ3v) is 1.91. The molecule has 0 bridgehead atoms. The van der Waals surface area contributed by atoms with Crippen LogP contribution < -0.4 is 0 Å². The zero-order valence-corrected chi connectivity index (χ0v) is 7.73. The maximum absolute atomic E-state index is 10.4. The largest absolute Gasteiger partial charge is 0.452 e. The first-order chi connectivity index (χ1) is 6.81. The summed E-state index contributed by atoms with van der Waals surface area (Å²) in [7, 11) is 0. The minimum absolute atomic E-state index is 0.238. The predicted octanol–water partition coefficient (Wildman–Crippen LogP) is 2.20. The third kappa shape index (κ3) is 1.52. The fourth-order valence-corrected chi connectivity index (χ4v) is 1.23. The van der Waals surface area contributed by atoms with Crippen LogP contribution in [0.2, 0.25) is 5.15 Å². The molecule has 0 fully saturated rings. The van der Waals surface area contributed by atoms with Crippen molar-refractivity contribution in [2.75, 3.05) is 0 Å². The van der Waals surface area contributed by atoms with Gasteiger partial charge in [-0.3, -0.25) is 4.79 Å². The molecule has 2 rings (SSSR count). The van der Waals surface area contributed by atoms with Gasteiger partial charge in [0.05, 0.1) is 0 Å². The topological polar surface area (TPSA) is 56.0 Å². The maximum atomic E-state index is 10.4. The van der Waals surface area contributed by atoms with Crippen molar-refractivity contribution in [2.45, 2.75) is 0 Å². The van der Waals surface area contributed by atoms with Gasteiger partial charge in [-0.05, 0) is 12.1 Å². The standard InChI is InChI=1S/C9H5ClN2O2/c10-9-8(11-3-4-12-9)7-2-1-6(5-13)14-7/h1-5H. The Kier molecular flexibility index (Phi) is 2.28. The van der Waals surface area contributed by atoms with Gasteiger partial charge in [0.1, 0.15) is 5.69 Å². The van der Waals surface area contributed by atoms with E-state index in [-0.39, 0.29) is 10.9 Å². The second kappa shape index (κ2) is 3.59. The van der Waals surface area contributed by atoms with E-state index in [0.717, 1.165) is 0 Å². The number of aromatic nitrogens is 2. The number of aldehydes is 1. The lowest BCUT2D eigenvalue weighted by atomic mass is 10.3. The molecule has 0 atom stereocenters. The molecular formula is C9H5ClN2O2. The van der Waals surface area contributed by atoms with Crippen molar-refractivity contribution >= 4 is 17.9 Å². The van der Waals surface area contributed by atoms with E-state index in [1.54, 1.807) is 12.1 Å². The highest BCUT2D eigenvalue weighted by atomic mass is 35.5. The highest BCUT2D eigenvalue weighted by molar-refractivity contribution is 6.31. The molecule has 0 unspecified atom stereocenters. The van der Waals surface area contributed by atoms with Crippen LogP contribution in [-0.4, -0.2) is 16.3 Å². The van der Waals surface area contributed by atoms with Crippen molar-refractivity contribution in [3.05, 3.63) is 35.4 Å². The Morgan fingerprint density at radius 2 is 2.07 bits per heavy atom. The van der Waals surface area contributed by atoms with Crippen LogP contribution in [0.4, 0.5) is 0 Å². The molecule has 0 radical (unpaired) electrons. The van der Waals surface area contributed by atoms with Crippen LogP contribution in [0.1, 0.15) is 10.6 Å². The van der Waals surface area contributed by atoms with Gasteiger partial charge < -0.3 is 4.42 Å². The minimum atomic E-state index is 0.238. The summed E-state index contributed by atoms with van der Waals surface area (Å²) in [6.07, 6.45) is 3.60. The van der Waals surface area contributed by atoms with Crippen LogP contribution in [0.25, 0.3) is 11.5 Å². The number of halogens is 1. The van der Waals surface area contributed by atoms with Crippen molar-refractivity contribution in [2.24, 2.45) is 0 Å². The van der Waals surface area contributed by atoms with Crippen molar-refractivity contribution in [3.8, 4) is 11.5 Å². The molecule has 0 amide bonds. The highest BCUT2D eigenvalue weighted by Gasteiger charge is 2.09. The van der Waals surface area contributed by atoms with Crippen LogP contribution in [0.5, 0.6) is 0 Å². The van der Waals surface area contributed by atoms with Crippen LogP contribution >= 0.6 is 11.6 Å². The SMILES string of the molecule is O=Cc1ccc(-c2nccnc2Cl)o1. The van der Waals surface area contributed by atoms with E-state index < -0.39 is 0 Å². The highest BCUT2D eigenvalue weighted by Crippen LogP contribution is 2.24. The molecule has 0 aliphatic rings. The second-order valence-corrected chi connectivity index (χ2v) is 2.87. The predicted molar refractivity (Wildman–Crippen MR) is 50.1 cm³/mol. The smallest absolute Gasteiger partial charge is 0.185 e. The van der Waals surface area contributed by atoms with Crippen molar-refractivity contribution in [1.82, 2.24) is 9.97 Å². The zero-order valence-electron chi connectivity index (χ0n) is 6.98. The van der Waals surface area contributed by atoms with Crippen molar-refractivity contribution in [1.29, 1.82) is 0 Å². The molecule has 2 heterocycles. The molecule has 0 aliphatic carbocycles. The number of nitrogens with zero attached hydrogens (tertiary/aromatic N) is 2. The van der Waals surface area contributed by atoms with Crippen LogP contribution in [-0.2, 0) is 0 Å². The molecule has 5 heteroatoms. The molecule has 2 aromatic heterocycles. The van der Waals surface area contributed by atoms with Gasteiger partial charge >= 0.3 is 0 Å². The first-order valence-corrected chi connectivity index (χ1v) is 4.21. The average Bonchev–Trinajstić information content (AvgIpc) is 2.67. The molecule has 4 nitrogen and oxygen atoms in total. The van der Waals surface area contributed by atoms with Crippen LogP contribution in [0.3, 0.4) is 0 Å². The molecule has 0 spiro atoms. The van der Waals surface area contributed by atoms with E-state index in [9.17, 15) is 4.79 Å². The summed E-state index contributed by atoms with van der Waals surface area (Å²) in [6.45, 7) is 0. The quantitative estimate of drug-likeness (QED) is 0.710. The molecule has 0 saturated carbocycles. The van der Waals surface area contributed by atoms with E-state index in [2.05, 4.69) is 9.97 Å². The van der Waals surface area contributed by atoms with Gasteiger partial charge in [-0.25, -0.2) is 9.97 Å². The van der Waals surface area contributed by atoms with E-state index in [1.165, 1.54) is 12.4 Å². The Hall–Kier alpha value is -1.68. The summed E-state index contributed by atoms with van der Waals surface area (Å²) in [5, 5.41) is 0.249. The lowest BCUT2D eigenvalue weighted by molar-refractivity contribution is 0.110. The van der Waals surface area contributed by atoms with E-state index in [1.807, 2.05) is 0 Å². The normalized spacial score (nSPS) is 10.1. The van der Waals surface area contributed by atoms with E-state index in [0.29, 0.717) is 17.7 Å². The second-order valence-electron chi connectivity index (χ2n) is 2.52. The Bertz CT molecular complexity index is 467. The minimum Gasteiger partial charge on any atom is -0.452 e. The number of carbonyl (C=O) groups is 1. The fraction of sp³-hybridized carbons (Fsp3) is 0. The third-order valence-electron chi connectivity index (χ3n) is 1.63. The van der Waals surface area contributed by atoms with Gasteiger partial charge in [-0.1, -0.05) is 11.6 Å². The molecule has 0 aliphatic heterocycles. The lowest BCUT2D eigenvalue weighted by Crippen LogP contribution is -1.84. The molecular weight excluding hydrogens is 204 g/mol. The van der Waals surface area contributed by atoms with E-state index >= 15 is 0 Å².